The van der Waals surface area contributed by atoms with Crippen molar-refractivity contribution >= 4 is 11.6 Å². The topological polar surface area (TPSA) is 41.1 Å². The van der Waals surface area contributed by atoms with Gasteiger partial charge in [0.1, 0.15) is 17.5 Å². The van der Waals surface area contributed by atoms with Gasteiger partial charge >= 0.3 is 0 Å². The maximum Gasteiger partial charge on any atom is 0.137 e. The van der Waals surface area contributed by atoms with Crippen molar-refractivity contribution in [3.05, 3.63) is 11.4 Å². The van der Waals surface area contributed by atoms with Gasteiger partial charge in [0.25, 0.3) is 0 Å². The predicted molar refractivity (Wildman–Crippen MR) is 90.2 cm³/mol. The molecule has 0 spiro atoms. The Bertz CT molecular complexity index is 452. The number of anilines is 2. The van der Waals surface area contributed by atoms with E-state index >= 15 is 0 Å². The van der Waals surface area contributed by atoms with E-state index in [9.17, 15) is 0 Å². The smallest absolute Gasteiger partial charge is 0.137 e. The lowest BCUT2D eigenvalue weighted by molar-refractivity contribution is 0.425. The minimum Gasteiger partial charge on any atom is -0.370 e. The van der Waals surface area contributed by atoms with Gasteiger partial charge in [-0.05, 0) is 26.2 Å². The summed E-state index contributed by atoms with van der Waals surface area (Å²) < 4.78 is 0. The molecule has 0 bridgehead atoms. The maximum absolute atomic E-state index is 4.81. The van der Waals surface area contributed by atoms with Crippen molar-refractivity contribution in [3.8, 4) is 0 Å². The van der Waals surface area contributed by atoms with E-state index in [-0.39, 0.29) is 0 Å². The molecule has 0 saturated heterocycles. The van der Waals surface area contributed by atoms with Gasteiger partial charge in [0.2, 0.25) is 0 Å². The normalized spacial score (nSPS) is 16.0. The van der Waals surface area contributed by atoms with E-state index in [1.165, 1.54) is 37.7 Å². The molecular formula is C17H30N4. The van der Waals surface area contributed by atoms with Gasteiger partial charge in [-0.25, -0.2) is 9.97 Å². The highest BCUT2D eigenvalue weighted by Crippen LogP contribution is 2.29. The lowest BCUT2D eigenvalue weighted by Crippen LogP contribution is -2.35. The number of aromatic nitrogens is 2. The van der Waals surface area contributed by atoms with Gasteiger partial charge in [-0.1, -0.05) is 33.1 Å². The first-order valence-corrected chi connectivity index (χ1v) is 8.51. The van der Waals surface area contributed by atoms with E-state index in [0.717, 1.165) is 36.8 Å². The Morgan fingerprint density at radius 3 is 2.48 bits per heavy atom. The van der Waals surface area contributed by atoms with Crippen molar-refractivity contribution < 1.29 is 0 Å². The molecular weight excluding hydrogens is 260 g/mol. The summed E-state index contributed by atoms with van der Waals surface area (Å²) in [6.45, 7) is 7.41. The molecule has 2 rings (SSSR count). The number of hydrogen-bond donors (Lipinski definition) is 1. The van der Waals surface area contributed by atoms with E-state index in [2.05, 4.69) is 43.0 Å². The zero-order chi connectivity index (χ0) is 15.2. The highest BCUT2D eigenvalue weighted by atomic mass is 15.2. The molecule has 4 nitrogen and oxygen atoms in total. The van der Waals surface area contributed by atoms with Crippen molar-refractivity contribution in [3.63, 3.8) is 0 Å². The average molecular weight is 290 g/mol. The van der Waals surface area contributed by atoms with Gasteiger partial charge in [-0.3, -0.25) is 0 Å². The molecule has 1 aliphatic rings. The monoisotopic (exact) mass is 290 g/mol. The fraction of sp³-hybridized carbons (Fsp3) is 0.765. The highest BCUT2D eigenvalue weighted by molar-refractivity contribution is 5.58. The summed E-state index contributed by atoms with van der Waals surface area (Å²) in [5, 5.41) is 3.46. The molecule has 118 valence electrons. The molecule has 21 heavy (non-hydrogen) atoms. The average Bonchev–Trinajstić information content (AvgIpc) is 2.54. The second kappa shape index (κ2) is 7.62. The van der Waals surface area contributed by atoms with E-state index in [1.54, 1.807) is 0 Å². The first-order valence-electron chi connectivity index (χ1n) is 8.51. The van der Waals surface area contributed by atoms with E-state index in [4.69, 9.17) is 4.98 Å². The van der Waals surface area contributed by atoms with Gasteiger partial charge in [0.05, 0.1) is 0 Å². The summed E-state index contributed by atoms with van der Waals surface area (Å²) in [4.78, 5) is 11.9. The summed E-state index contributed by atoms with van der Waals surface area (Å²) in [6.07, 6.45) is 8.65. The van der Waals surface area contributed by atoms with Crippen molar-refractivity contribution in [1.82, 2.24) is 9.97 Å². The molecule has 0 aromatic carbocycles. The van der Waals surface area contributed by atoms with Crippen molar-refractivity contribution in [2.24, 2.45) is 0 Å². The second-order valence-corrected chi connectivity index (χ2v) is 6.12. The Balaban J connectivity index is 2.27. The van der Waals surface area contributed by atoms with Gasteiger partial charge < -0.3 is 10.2 Å². The third-order valence-corrected chi connectivity index (χ3v) is 4.48. The Labute approximate surface area is 129 Å². The Morgan fingerprint density at radius 2 is 1.86 bits per heavy atom. The predicted octanol–water partition coefficient (Wildman–Crippen LogP) is 3.94. The maximum atomic E-state index is 4.81. The number of nitrogens with zero attached hydrogens (tertiary/aromatic N) is 3. The molecule has 0 unspecified atom stereocenters. The SMILES string of the molecule is CCCNc1nc(CC)nc(N(C)C2CCCCC2)c1C. The van der Waals surface area contributed by atoms with Crippen LogP contribution in [0, 0.1) is 6.92 Å². The van der Waals surface area contributed by atoms with Gasteiger partial charge in [0, 0.05) is 31.6 Å². The summed E-state index contributed by atoms with van der Waals surface area (Å²) in [7, 11) is 2.20. The van der Waals surface area contributed by atoms with Crippen molar-refractivity contribution in [2.75, 3.05) is 23.8 Å². The number of aryl methyl sites for hydroxylation is 1. The molecule has 1 heterocycles. The molecule has 4 heteroatoms. The molecule has 0 amide bonds. The van der Waals surface area contributed by atoms with Gasteiger partial charge in [0.15, 0.2) is 0 Å². The number of nitrogens with one attached hydrogen (secondary N) is 1. The molecule has 1 N–H and O–H groups in total. The van der Waals surface area contributed by atoms with Gasteiger partial charge in [-0.2, -0.15) is 0 Å². The molecule has 1 aliphatic carbocycles. The Morgan fingerprint density at radius 1 is 1.14 bits per heavy atom. The van der Waals surface area contributed by atoms with E-state index in [0.29, 0.717) is 6.04 Å². The summed E-state index contributed by atoms with van der Waals surface area (Å²) in [6, 6.07) is 0.635. The molecule has 1 fully saturated rings. The third-order valence-electron chi connectivity index (χ3n) is 4.48. The van der Waals surface area contributed by atoms with Crippen LogP contribution in [0.25, 0.3) is 0 Å². The third kappa shape index (κ3) is 3.86. The van der Waals surface area contributed by atoms with Crippen LogP contribution in [0.2, 0.25) is 0 Å². The van der Waals surface area contributed by atoms with Crippen LogP contribution in [-0.4, -0.2) is 29.6 Å². The van der Waals surface area contributed by atoms with Crippen LogP contribution >= 0.6 is 0 Å². The van der Waals surface area contributed by atoms with Gasteiger partial charge in [-0.15, -0.1) is 0 Å². The van der Waals surface area contributed by atoms with E-state index in [1.807, 2.05) is 0 Å². The Hall–Kier alpha value is -1.32. The number of rotatable bonds is 6. The van der Waals surface area contributed by atoms with Crippen molar-refractivity contribution in [1.29, 1.82) is 0 Å². The van der Waals surface area contributed by atoms with Crippen LogP contribution in [0.4, 0.5) is 11.6 Å². The lowest BCUT2D eigenvalue weighted by Gasteiger charge is -2.33. The summed E-state index contributed by atoms with van der Waals surface area (Å²) in [5.41, 5.74) is 1.19. The highest BCUT2D eigenvalue weighted by Gasteiger charge is 2.22. The molecule has 1 aromatic heterocycles. The van der Waals surface area contributed by atoms with Crippen LogP contribution < -0.4 is 10.2 Å². The van der Waals surface area contributed by atoms with Crippen LogP contribution in [0.1, 0.15) is 63.8 Å². The van der Waals surface area contributed by atoms with Crippen LogP contribution in [0.5, 0.6) is 0 Å². The molecule has 1 aromatic rings. The number of hydrogen-bond acceptors (Lipinski definition) is 4. The fourth-order valence-corrected chi connectivity index (χ4v) is 3.11. The standard InChI is InChI=1S/C17H30N4/c1-5-12-18-16-13(3)17(20-15(6-2)19-16)21(4)14-10-8-7-9-11-14/h14H,5-12H2,1-4H3,(H,18,19,20). The van der Waals surface area contributed by atoms with Crippen LogP contribution in [0.3, 0.4) is 0 Å². The molecule has 1 saturated carbocycles. The zero-order valence-corrected chi connectivity index (χ0v) is 14.1. The minimum atomic E-state index is 0.635. The molecule has 0 radical (unpaired) electrons. The molecule has 0 aliphatic heterocycles. The zero-order valence-electron chi connectivity index (χ0n) is 14.1. The Kier molecular flexibility index (Phi) is 5.83. The lowest BCUT2D eigenvalue weighted by atomic mass is 9.94. The van der Waals surface area contributed by atoms with Crippen LogP contribution in [0.15, 0.2) is 0 Å². The minimum absolute atomic E-state index is 0.635. The molecule has 0 atom stereocenters. The quantitative estimate of drug-likeness (QED) is 0.861. The first-order chi connectivity index (χ1) is 10.2. The summed E-state index contributed by atoms with van der Waals surface area (Å²) >= 11 is 0. The summed E-state index contributed by atoms with van der Waals surface area (Å²) in [5.74, 6) is 3.07. The van der Waals surface area contributed by atoms with Crippen molar-refractivity contribution in [2.45, 2.75) is 71.8 Å². The largest absolute Gasteiger partial charge is 0.370 e. The van der Waals surface area contributed by atoms with Crippen LogP contribution in [-0.2, 0) is 6.42 Å². The van der Waals surface area contributed by atoms with E-state index < -0.39 is 0 Å². The fourth-order valence-electron chi connectivity index (χ4n) is 3.11. The second-order valence-electron chi connectivity index (χ2n) is 6.12. The first kappa shape index (κ1) is 16.1.